The van der Waals surface area contributed by atoms with Crippen LogP contribution in [-0.4, -0.2) is 18.7 Å². The average Bonchev–Trinajstić information content (AvgIpc) is 2.47. The molecule has 0 heterocycles. The molecule has 20 heavy (non-hydrogen) atoms. The van der Waals surface area contributed by atoms with Crippen LogP contribution in [0.1, 0.15) is 5.56 Å². The van der Waals surface area contributed by atoms with Crippen molar-refractivity contribution in [3.05, 3.63) is 60.2 Å². The van der Waals surface area contributed by atoms with Crippen LogP contribution in [0.15, 0.2) is 59.5 Å². The summed E-state index contributed by atoms with van der Waals surface area (Å²) in [6, 6.07) is 17.7. The van der Waals surface area contributed by atoms with E-state index in [1.54, 1.807) is 11.8 Å². The van der Waals surface area contributed by atoms with Gasteiger partial charge in [-0.2, -0.15) is 0 Å². The summed E-state index contributed by atoms with van der Waals surface area (Å²) in [5.74, 6) is 0.429. The van der Waals surface area contributed by atoms with Crippen LogP contribution in [0.2, 0.25) is 0 Å². The van der Waals surface area contributed by atoms with Crippen molar-refractivity contribution in [2.24, 2.45) is 0 Å². The van der Waals surface area contributed by atoms with Crippen molar-refractivity contribution < 1.29 is 4.79 Å². The number of hydrogen-bond acceptors (Lipinski definition) is 3. The van der Waals surface area contributed by atoms with E-state index >= 15 is 0 Å². The van der Waals surface area contributed by atoms with E-state index in [4.69, 9.17) is 0 Å². The van der Waals surface area contributed by atoms with Gasteiger partial charge in [0.25, 0.3) is 0 Å². The summed E-state index contributed by atoms with van der Waals surface area (Å²) < 4.78 is 0. The molecule has 0 atom stereocenters. The van der Waals surface area contributed by atoms with Crippen molar-refractivity contribution in [3.8, 4) is 0 Å². The molecule has 0 saturated carbocycles. The highest BCUT2D eigenvalue weighted by Crippen LogP contribution is 2.19. The number of benzene rings is 2. The third-order valence-corrected chi connectivity index (χ3v) is 3.70. The zero-order chi connectivity index (χ0) is 14.2. The van der Waals surface area contributed by atoms with E-state index in [0.717, 1.165) is 17.1 Å². The smallest absolute Gasteiger partial charge is 0.234 e. The van der Waals surface area contributed by atoms with Crippen LogP contribution in [0.3, 0.4) is 0 Å². The molecule has 0 saturated heterocycles. The second-order valence-electron chi connectivity index (χ2n) is 4.38. The molecular formula is C16H18N2OS. The normalized spacial score (nSPS) is 10.2. The zero-order valence-electron chi connectivity index (χ0n) is 11.4. The Balaban J connectivity index is 1.85. The molecule has 0 aromatic heterocycles. The van der Waals surface area contributed by atoms with Crippen molar-refractivity contribution in [2.75, 3.05) is 18.1 Å². The quantitative estimate of drug-likeness (QED) is 0.802. The van der Waals surface area contributed by atoms with Crippen LogP contribution >= 0.6 is 11.8 Å². The van der Waals surface area contributed by atoms with Crippen molar-refractivity contribution in [1.29, 1.82) is 0 Å². The molecule has 2 aromatic carbocycles. The predicted molar refractivity (Wildman–Crippen MR) is 85.0 cm³/mol. The van der Waals surface area contributed by atoms with E-state index in [1.165, 1.54) is 5.56 Å². The van der Waals surface area contributed by atoms with Gasteiger partial charge >= 0.3 is 0 Å². The second kappa shape index (κ2) is 7.72. The molecule has 0 aliphatic rings. The monoisotopic (exact) mass is 286 g/mol. The van der Waals surface area contributed by atoms with Crippen molar-refractivity contribution in [2.45, 2.75) is 11.4 Å². The lowest BCUT2D eigenvalue weighted by Crippen LogP contribution is -2.13. The summed E-state index contributed by atoms with van der Waals surface area (Å²) in [6.07, 6.45) is 0. The van der Waals surface area contributed by atoms with E-state index in [1.807, 2.05) is 49.5 Å². The summed E-state index contributed by atoms with van der Waals surface area (Å²) in [5.41, 5.74) is 2.06. The van der Waals surface area contributed by atoms with E-state index in [0.29, 0.717) is 5.75 Å². The van der Waals surface area contributed by atoms with Crippen LogP contribution in [0, 0.1) is 0 Å². The predicted octanol–water partition coefficient (Wildman–Crippen LogP) is 3.14. The molecule has 4 heteroatoms. The number of thioether (sulfide) groups is 1. The van der Waals surface area contributed by atoms with Crippen molar-refractivity contribution >= 4 is 23.4 Å². The Labute approximate surface area is 123 Å². The highest BCUT2D eigenvalue weighted by Gasteiger charge is 2.04. The molecule has 0 fully saturated rings. The molecule has 0 unspecified atom stereocenters. The molecule has 0 bridgehead atoms. The van der Waals surface area contributed by atoms with E-state index in [2.05, 4.69) is 22.8 Å². The lowest BCUT2D eigenvalue weighted by atomic mass is 10.2. The number of nitrogens with one attached hydrogen (secondary N) is 2. The number of rotatable bonds is 6. The molecule has 1 amide bonds. The van der Waals surface area contributed by atoms with Gasteiger partial charge < -0.3 is 10.6 Å². The van der Waals surface area contributed by atoms with E-state index < -0.39 is 0 Å². The second-order valence-corrected chi connectivity index (χ2v) is 5.43. The average molecular weight is 286 g/mol. The zero-order valence-corrected chi connectivity index (χ0v) is 12.2. The lowest BCUT2D eigenvalue weighted by molar-refractivity contribution is -0.113. The van der Waals surface area contributed by atoms with Gasteiger partial charge in [0, 0.05) is 17.1 Å². The molecule has 2 N–H and O–H groups in total. The maximum absolute atomic E-state index is 11.9. The maximum Gasteiger partial charge on any atom is 0.234 e. The van der Waals surface area contributed by atoms with Crippen LogP contribution in [-0.2, 0) is 11.3 Å². The van der Waals surface area contributed by atoms with Gasteiger partial charge in [0.05, 0.1) is 5.75 Å². The number of anilines is 1. The summed E-state index contributed by atoms with van der Waals surface area (Å²) in [4.78, 5) is 13.0. The third-order valence-electron chi connectivity index (χ3n) is 2.71. The highest BCUT2D eigenvalue weighted by atomic mass is 32.2. The van der Waals surface area contributed by atoms with Gasteiger partial charge in [0.15, 0.2) is 0 Å². The van der Waals surface area contributed by atoms with Crippen LogP contribution in [0.25, 0.3) is 0 Å². The molecule has 0 aliphatic heterocycles. The van der Waals surface area contributed by atoms with Crippen molar-refractivity contribution in [3.63, 3.8) is 0 Å². The van der Waals surface area contributed by atoms with Crippen LogP contribution in [0.5, 0.6) is 0 Å². The first-order chi connectivity index (χ1) is 9.78. The Morgan fingerprint density at radius 3 is 2.65 bits per heavy atom. The Morgan fingerprint density at radius 2 is 1.90 bits per heavy atom. The van der Waals surface area contributed by atoms with Crippen LogP contribution in [0.4, 0.5) is 5.69 Å². The molecule has 0 spiro atoms. The summed E-state index contributed by atoms with van der Waals surface area (Å²) in [6.45, 7) is 0.838. The molecule has 2 aromatic rings. The Kier molecular flexibility index (Phi) is 5.65. The Bertz CT molecular complexity index is 557. The fourth-order valence-corrected chi connectivity index (χ4v) is 2.60. The lowest BCUT2D eigenvalue weighted by Gasteiger charge is -2.06. The van der Waals surface area contributed by atoms with Gasteiger partial charge in [-0.3, -0.25) is 4.79 Å². The van der Waals surface area contributed by atoms with Crippen molar-refractivity contribution in [1.82, 2.24) is 5.32 Å². The van der Waals surface area contributed by atoms with Crippen LogP contribution < -0.4 is 10.6 Å². The highest BCUT2D eigenvalue weighted by molar-refractivity contribution is 8.00. The molecule has 0 radical (unpaired) electrons. The largest absolute Gasteiger partial charge is 0.325 e. The first-order valence-electron chi connectivity index (χ1n) is 6.49. The molecular weight excluding hydrogens is 268 g/mol. The minimum absolute atomic E-state index is 0.0141. The molecule has 104 valence electrons. The fraction of sp³-hybridized carbons (Fsp3) is 0.188. The van der Waals surface area contributed by atoms with Gasteiger partial charge in [-0.25, -0.2) is 0 Å². The van der Waals surface area contributed by atoms with Gasteiger partial charge in [-0.1, -0.05) is 30.3 Å². The Morgan fingerprint density at radius 1 is 1.10 bits per heavy atom. The van der Waals surface area contributed by atoms with Gasteiger partial charge in [0.1, 0.15) is 0 Å². The minimum atomic E-state index is 0.0141. The summed E-state index contributed by atoms with van der Waals surface area (Å²) in [7, 11) is 1.92. The molecule has 3 nitrogen and oxygen atoms in total. The number of carbonyl (C=O) groups is 1. The first-order valence-corrected chi connectivity index (χ1v) is 7.48. The summed E-state index contributed by atoms with van der Waals surface area (Å²) in [5, 5.41) is 6.00. The topological polar surface area (TPSA) is 41.1 Å². The number of hydrogen-bond donors (Lipinski definition) is 2. The van der Waals surface area contributed by atoms with Gasteiger partial charge in [-0.15, -0.1) is 11.8 Å². The molecule has 0 aliphatic carbocycles. The SMILES string of the molecule is CNCc1cccc(SCC(=O)Nc2ccccc2)c1. The maximum atomic E-state index is 11.9. The minimum Gasteiger partial charge on any atom is -0.325 e. The Hall–Kier alpha value is -1.78. The molecule has 2 rings (SSSR count). The van der Waals surface area contributed by atoms with Gasteiger partial charge in [-0.05, 0) is 36.9 Å². The van der Waals surface area contributed by atoms with E-state index in [-0.39, 0.29) is 5.91 Å². The first kappa shape index (κ1) is 14.6. The number of para-hydroxylation sites is 1. The number of carbonyl (C=O) groups excluding carboxylic acids is 1. The van der Waals surface area contributed by atoms with Gasteiger partial charge in [0.2, 0.25) is 5.91 Å². The fourth-order valence-electron chi connectivity index (χ4n) is 1.82. The standard InChI is InChI=1S/C16H18N2OS/c1-17-11-13-6-5-9-15(10-13)20-12-16(19)18-14-7-3-2-4-8-14/h2-10,17H,11-12H2,1H3,(H,18,19). The third kappa shape index (κ3) is 4.72. The summed E-state index contributed by atoms with van der Waals surface area (Å²) >= 11 is 1.55. The number of amides is 1. The van der Waals surface area contributed by atoms with E-state index in [9.17, 15) is 4.79 Å².